The Kier molecular flexibility index (Phi) is 13.2. The molecule has 0 amide bonds. The smallest absolute Gasteiger partial charge is 0.298 e. The van der Waals surface area contributed by atoms with E-state index in [9.17, 15) is 25.9 Å². The van der Waals surface area contributed by atoms with Crippen molar-refractivity contribution in [2.24, 2.45) is 10.9 Å². The highest BCUT2D eigenvalue weighted by Gasteiger charge is 2.27. The van der Waals surface area contributed by atoms with Crippen molar-refractivity contribution in [3.8, 4) is 22.8 Å². The zero-order valence-corrected chi connectivity index (χ0v) is 38.1. The van der Waals surface area contributed by atoms with Crippen LogP contribution in [0.15, 0.2) is 142 Å². The maximum atomic E-state index is 12.3. The predicted molar refractivity (Wildman–Crippen MR) is 253 cm³/mol. The second-order valence-corrected chi connectivity index (χ2v) is 18.8. The van der Waals surface area contributed by atoms with Gasteiger partial charge in [-0.15, -0.1) is 0 Å². The fraction of sp³-hybridized carbons (Fsp3) is 0.204. The van der Waals surface area contributed by atoms with Gasteiger partial charge in [0.15, 0.2) is 0 Å². The molecule has 1 heterocycles. The van der Waals surface area contributed by atoms with Crippen LogP contribution in [0.4, 0.5) is 17.1 Å². The maximum Gasteiger partial charge on any atom is 0.298 e. The van der Waals surface area contributed by atoms with Crippen LogP contribution in [0.2, 0.25) is 5.02 Å². The van der Waals surface area contributed by atoms with Crippen LogP contribution in [0.25, 0.3) is 27.7 Å². The van der Waals surface area contributed by atoms with Gasteiger partial charge in [-0.2, -0.15) is 16.8 Å². The first-order valence-corrected chi connectivity index (χ1v) is 23.7. The maximum absolute atomic E-state index is 12.3. The van der Waals surface area contributed by atoms with Gasteiger partial charge < -0.3 is 19.4 Å². The number of hydrogen-bond acceptors (Lipinski definition) is 8. The van der Waals surface area contributed by atoms with Crippen LogP contribution in [0.3, 0.4) is 0 Å². The molecule has 1 aromatic heterocycles. The molecule has 14 heteroatoms. The lowest BCUT2D eigenvalue weighted by atomic mass is 9.86. The van der Waals surface area contributed by atoms with E-state index in [1.54, 1.807) is 26.0 Å². The number of allylic oxidation sites excluding steroid dienone is 5. The van der Waals surface area contributed by atoms with Crippen LogP contribution in [0, 0.1) is 19.8 Å². The lowest BCUT2D eigenvalue weighted by molar-refractivity contribution is 0.329. The minimum atomic E-state index is -4.58. The molecule has 326 valence electrons. The summed E-state index contributed by atoms with van der Waals surface area (Å²) in [6.07, 6.45) is 7.69. The molecule has 7 rings (SSSR count). The summed E-state index contributed by atoms with van der Waals surface area (Å²) in [4.78, 5) is 4.01. The summed E-state index contributed by atoms with van der Waals surface area (Å²) in [5.74, 6) is 0.401. The topological polar surface area (TPSA) is 157 Å². The SMILES string of the molecule is CCOc1ccc(N=C2C=CC(=C(c3ccc(Nc4ccc(OCC)c(S(=O)(=O)O)c4)cc3)c3c(-c4ccc(Cl)cc4)n(CC(C)C)c4cc(C)cc(C)c34)C=C2)cc1S(=O)(=O)O. The van der Waals surface area contributed by atoms with E-state index in [0.29, 0.717) is 33.7 Å². The van der Waals surface area contributed by atoms with Gasteiger partial charge in [0.05, 0.1) is 30.3 Å². The fourth-order valence-corrected chi connectivity index (χ4v) is 9.30. The van der Waals surface area contributed by atoms with Crippen LogP contribution in [0.5, 0.6) is 11.5 Å². The molecule has 0 fully saturated rings. The Balaban J connectivity index is 1.43. The van der Waals surface area contributed by atoms with E-state index in [-0.39, 0.29) is 34.5 Å². The van der Waals surface area contributed by atoms with Gasteiger partial charge in [0, 0.05) is 39.4 Å². The Morgan fingerprint density at radius 2 is 1.33 bits per heavy atom. The minimum Gasteiger partial charge on any atom is -0.492 e. The molecule has 1 aliphatic rings. The van der Waals surface area contributed by atoms with Crippen molar-refractivity contribution in [1.82, 2.24) is 4.57 Å². The number of nitrogens with one attached hydrogen (secondary N) is 1. The molecule has 63 heavy (non-hydrogen) atoms. The normalized spacial score (nSPS) is 12.9. The van der Waals surface area contributed by atoms with Gasteiger partial charge in [0.2, 0.25) is 0 Å². The number of rotatable bonds is 14. The van der Waals surface area contributed by atoms with Gasteiger partial charge >= 0.3 is 0 Å². The number of hydrogen-bond donors (Lipinski definition) is 3. The number of aromatic nitrogens is 1. The van der Waals surface area contributed by atoms with Crippen LogP contribution in [0.1, 0.15) is 49.9 Å². The fourth-order valence-electron chi connectivity index (χ4n) is 7.86. The molecule has 5 aromatic carbocycles. The third kappa shape index (κ3) is 9.98. The van der Waals surface area contributed by atoms with Gasteiger partial charge in [-0.05, 0) is 146 Å². The highest BCUT2D eigenvalue weighted by Crippen LogP contribution is 2.45. The molecule has 0 bridgehead atoms. The van der Waals surface area contributed by atoms with Gasteiger partial charge in [-0.1, -0.05) is 67.9 Å². The third-order valence-corrected chi connectivity index (χ3v) is 12.3. The second kappa shape index (κ2) is 18.4. The molecule has 0 unspecified atom stereocenters. The molecular formula is C49H48ClN3O8S2. The lowest BCUT2D eigenvalue weighted by Crippen LogP contribution is -2.07. The van der Waals surface area contributed by atoms with E-state index in [1.165, 1.54) is 24.3 Å². The van der Waals surface area contributed by atoms with Gasteiger partial charge in [-0.25, -0.2) is 4.99 Å². The van der Waals surface area contributed by atoms with Crippen molar-refractivity contribution < 1.29 is 35.4 Å². The molecule has 0 saturated heterocycles. The summed E-state index contributed by atoms with van der Waals surface area (Å²) < 4.78 is 82.2. The molecular weight excluding hydrogens is 858 g/mol. The molecule has 0 saturated carbocycles. The van der Waals surface area contributed by atoms with E-state index in [1.807, 2.05) is 72.8 Å². The molecule has 0 aliphatic heterocycles. The number of aliphatic imine (C=N–C) groups is 1. The van der Waals surface area contributed by atoms with Crippen molar-refractivity contribution in [2.75, 3.05) is 18.5 Å². The first kappa shape index (κ1) is 45.1. The largest absolute Gasteiger partial charge is 0.492 e. The van der Waals surface area contributed by atoms with Crippen molar-refractivity contribution in [3.05, 3.63) is 154 Å². The Labute approximate surface area is 373 Å². The lowest BCUT2D eigenvalue weighted by Gasteiger charge is -2.19. The van der Waals surface area contributed by atoms with Crippen LogP contribution < -0.4 is 14.8 Å². The zero-order valence-electron chi connectivity index (χ0n) is 35.7. The second-order valence-electron chi connectivity index (χ2n) is 15.6. The number of benzene rings is 5. The van der Waals surface area contributed by atoms with Gasteiger partial charge in [0.25, 0.3) is 20.2 Å². The first-order valence-electron chi connectivity index (χ1n) is 20.4. The van der Waals surface area contributed by atoms with Crippen LogP contribution >= 0.6 is 11.6 Å². The predicted octanol–water partition coefficient (Wildman–Crippen LogP) is 12.0. The zero-order chi connectivity index (χ0) is 45.2. The number of anilines is 2. The van der Waals surface area contributed by atoms with Gasteiger partial charge in [-0.3, -0.25) is 9.11 Å². The summed E-state index contributed by atoms with van der Waals surface area (Å²) in [5.41, 5.74) is 11.0. The minimum absolute atomic E-state index is 0.0377. The number of ether oxygens (including phenoxy) is 2. The summed E-state index contributed by atoms with van der Waals surface area (Å²) in [6.45, 7) is 13.3. The number of halogens is 1. The molecule has 3 N–H and O–H groups in total. The Bertz CT molecular complexity index is 3060. The molecule has 0 radical (unpaired) electrons. The standard InChI is InChI=1S/C49H48ClN3O8S2/c1-7-60-42-23-21-39(27-44(42)62(54,55)56)51-37-17-11-33(12-18-37)47(34-13-19-38(20-14-34)52-40-22-24-43(61-8-2)45(28-40)63(57,58)59)48-46-32(6)25-31(5)26-41(46)53(29-30(3)4)49(48)35-9-15-36(50)16-10-35/h9-28,30,51H,7-8,29H2,1-6H3,(H,54,55,56)(H,57,58,59). The summed E-state index contributed by atoms with van der Waals surface area (Å²) >= 11 is 6.47. The Hall–Kier alpha value is -5.96. The van der Waals surface area contributed by atoms with Crippen LogP contribution in [-0.4, -0.2) is 49.4 Å². The molecule has 1 aliphatic carbocycles. The Morgan fingerprint density at radius 3 is 1.92 bits per heavy atom. The summed E-state index contributed by atoms with van der Waals surface area (Å²) in [6, 6.07) is 29.0. The van der Waals surface area contributed by atoms with Gasteiger partial charge in [0.1, 0.15) is 21.3 Å². The van der Waals surface area contributed by atoms with E-state index >= 15 is 0 Å². The summed E-state index contributed by atoms with van der Waals surface area (Å²) in [7, 11) is -9.15. The number of fused-ring (bicyclic) bond motifs is 1. The highest BCUT2D eigenvalue weighted by atomic mass is 35.5. The highest BCUT2D eigenvalue weighted by molar-refractivity contribution is 7.86. The van der Waals surface area contributed by atoms with Crippen LogP contribution in [-0.2, 0) is 26.8 Å². The summed E-state index contributed by atoms with van der Waals surface area (Å²) in [5, 5.41) is 4.99. The van der Waals surface area contributed by atoms with E-state index in [0.717, 1.165) is 62.1 Å². The molecule has 6 aromatic rings. The van der Waals surface area contributed by atoms with Crippen molar-refractivity contribution in [2.45, 2.75) is 57.9 Å². The third-order valence-electron chi connectivity index (χ3n) is 10.3. The Morgan fingerprint density at radius 1 is 0.746 bits per heavy atom. The van der Waals surface area contributed by atoms with Crippen molar-refractivity contribution >= 4 is 71.1 Å². The average Bonchev–Trinajstić information content (AvgIpc) is 3.52. The monoisotopic (exact) mass is 905 g/mol. The molecule has 11 nitrogen and oxygen atoms in total. The quantitative estimate of drug-likeness (QED) is 0.0905. The molecule has 0 spiro atoms. The van der Waals surface area contributed by atoms with Crippen molar-refractivity contribution in [3.63, 3.8) is 0 Å². The van der Waals surface area contributed by atoms with E-state index in [4.69, 9.17) is 26.1 Å². The van der Waals surface area contributed by atoms with E-state index < -0.39 is 20.2 Å². The number of nitrogens with zero attached hydrogens (tertiary/aromatic N) is 2. The average molecular weight is 907 g/mol. The number of aryl methyl sites for hydroxylation is 2. The van der Waals surface area contributed by atoms with Crippen molar-refractivity contribution in [1.29, 1.82) is 0 Å². The first-order chi connectivity index (χ1) is 29.9. The van der Waals surface area contributed by atoms with E-state index in [2.05, 4.69) is 49.7 Å². The molecule has 0 atom stereocenters.